The molecule has 0 amide bonds. The summed E-state index contributed by atoms with van der Waals surface area (Å²) in [5.41, 5.74) is 0.966. The zero-order valence-electron chi connectivity index (χ0n) is 14.5. The molecule has 2 aliphatic rings. The van der Waals surface area contributed by atoms with Crippen molar-refractivity contribution in [3.8, 4) is 6.01 Å². The maximum atomic E-state index is 6.19. The van der Waals surface area contributed by atoms with E-state index in [1.807, 2.05) is 12.4 Å². The van der Waals surface area contributed by atoms with Crippen LogP contribution in [0.4, 0.5) is 5.95 Å². The maximum absolute atomic E-state index is 6.19. The van der Waals surface area contributed by atoms with Gasteiger partial charge in [0.05, 0.1) is 12.2 Å². The Morgan fingerprint density at radius 2 is 2.04 bits per heavy atom. The van der Waals surface area contributed by atoms with Crippen molar-refractivity contribution in [1.82, 2.24) is 19.9 Å². The second kappa shape index (κ2) is 6.92. The Morgan fingerprint density at radius 3 is 2.80 bits per heavy atom. The molecule has 2 aliphatic heterocycles. The fourth-order valence-corrected chi connectivity index (χ4v) is 3.62. The number of ether oxygens (including phenoxy) is 2. The highest BCUT2D eigenvalue weighted by Gasteiger charge is 2.45. The first-order chi connectivity index (χ1) is 12.3. The molecule has 0 aromatic carbocycles. The van der Waals surface area contributed by atoms with Crippen LogP contribution in [0.5, 0.6) is 6.01 Å². The summed E-state index contributed by atoms with van der Waals surface area (Å²) in [5, 5.41) is 0. The van der Waals surface area contributed by atoms with Crippen LogP contribution >= 0.6 is 0 Å². The van der Waals surface area contributed by atoms with E-state index in [0.717, 1.165) is 50.3 Å². The van der Waals surface area contributed by atoms with Gasteiger partial charge in [0.25, 0.3) is 0 Å². The van der Waals surface area contributed by atoms with Crippen LogP contribution in [0.3, 0.4) is 0 Å². The van der Waals surface area contributed by atoms with E-state index in [-0.39, 0.29) is 11.7 Å². The van der Waals surface area contributed by atoms with Gasteiger partial charge in [0.1, 0.15) is 6.10 Å². The molecule has 25 heavy (non-hydrogen) atoms. The van der Waals surface area contributed by atoms with E-state index in [1.54, 1.807) is 18.5 Å². The highest BCUT2D eigenvalue weighted by molar-refractivity contribution is 5.32. The van der Waals surface area contributed by atoms with Crippen molar-refractivity contribution >= 4 is 5.95 Å². The molecule has 0 aliphatic carbocycles. The number of hydrogen-bond acceptors (Lipinski definition) is 7. The van der Waals surface area contributed by atoms with Crippen LogP contribution in [-0.2, 0) is 11.2 Å². The summed E-state index contributed by atoms with van der Waals surface area (Å²) < 4.78 is 12.1. The summed E-state index contributed by atoms with van der Waals surface area (Å²) in [6.45, 7) is 4.44. The Kier molecular flexibility index (Phi) is 4.48. The Labute approximate surface area is 147 Å². The number of hydrogen-bond donors (Lipinski definition) is 0. The number of piperidine rings is 1. The smallest absolute Gasteiger partial charge is 0.316 e. The molecule has 0 bridgehead atoms. The van der Waals surface area contributed by atoms with Crippen LogP contribution in [0.25, 0.3) is 0 Å². The third kappa shape index (κ3) is 3.56. The van der Waals surface area contributed by atoms with E-state index in [1.165, 1.54) is 0 Å². The highest BCUT2D eigenvalue weighted by atomic mass is 16.6. The molecular formula is C18H23N5O2. The van der Waals surface area contributed by atoms with E-state index in [2.05, 4.69) is 31.8 Å². The number of rotatable bonds is 4. The predicted molar refractivity (Wildman–Crippen MR) is 92.6 cm³/mol. The van der Waals surface area contributed by atoms with Crippen molar-refractivity contribution in [3.05, 3.63) is 36.4 Å². The van der Waals surface area contributed by atoms with E-state index in [0.29, 0.717) is 12.6 Å². The predicted octanol–water partition coefficient (Wildman–Crippen LogP) is 2.04. The molecule has 4 rings (SSSR count). The Balaban J connectivity index is 1.42. The van der Waals surface area contributed by atoms with E-state index in [9.17, 15) is 0 Å². The molecule has 2 aromatic heterocycles. The minimum Gasteiger partial charge on any atom is -0.458 e. The molecule has 7 nitrogen and oxygen atoms in total. The Bertz CT molecular complexity index is 696. The van der Waals surface area contributed by atoms with Gasteiger partial charge >= 0.3 is 6.01 Å². The molecule has 0 N–H and O–H groups in total. The quantitative estimate of drug-likeness (QED) is 0.842. The maximum Gasteiger partial charge on any atom is 0.316 e. The minimum absolute atomic E-state index is 0.00858. The van der Waals surface area contributed by atoms with Gasteiger partial charge in [-0.1, -0.05) is 6.92 Å². The highest BCUT2D eigenvalue weighted by Crippen LogP contribution is 2.36. The lowest BCUT2D eigenvalue weighted by Crippen LogP contribution is -2.48. The van der Waals surface area contributed by atoms with Gasteiger partial charge in [0, 0.05) is 44.3 Å². The van der Waals surface area contributed by atoms with Gasteiger partial charge in [0.15, 0.2) is 0 Å². The third-order valence-corrected chi connectivity index (χ3v) is 4.91. The second-order valence-electron chi connectivity index (χ2n) is 6.74. The van der Waals surface area contributed by atoms with Crippen molar-refractivity contribution in [3.63, 3.8) is 0 Å². The van der Waals surface area contributed by atoms with Crippen LogP contribution in [0.15, 0.2) is 30.9 Å². The molecule has 2 fully saturated rings. The van der Waals surface area contributed by atoms with Gasteiger partial charge in [-0.2, -0.15) is 0 Å². The molecule has 0 unspecified atom stereocenters. The number of anilines is 1. The first kappa shape index (κ1) is 16.2. The molecule has 0 saturated carbocycles. The molecule has 2 saturated heterocycles. The number of aryl methyl sites for hydroxylation is 1. The first-order valence-electron chi connectivity index (χ1n) is 8.90. The van der Waals surface area contributed by atoms with Crippen LogP contribution in [0, 0.1) is 0 Å². The topological polar surface area (TPSA) is 73.3 Å². The number of nitrogens with zero attached hydrogens (tertiary/aromatic N) is 5. The van der Waals surface area contributed by atoms with Gasteiger partial charge in [0.2, 0.25) is 5.95 Å². The lowest BCUT2D eigenvalue weighted by molar-refractivity contribution is -0.00859. The minimum atomic E-state index is -0.190. The average molecular weight is 341 g/mol. The summed E-state index contributed by atoms with van der Waals surface area (Å²) in [4.78, 5) is 19.5. The SMILES string of the molecule is CCc1cnc(N2CCC[C@]3(C[C@H](Oc4ncccn4)CO3)C2)nc1. The van der Waals surface area contributed by atoms with Gasteiger partial charge in [-0.25, -0.2) is 19.9 Å². The molecule has 0 radical (unpaired) electrons. The lowest BCUT2D eigenvalue weighted by atomic mass is 9.89. The van der Waals surface area contributed by atoms with Crippen LogP contribution < -0.4 is 9.64 Å². The number of aromatic nitrogens is 4. The second-order valence-corrected chi connectivity index (χ2v) is 6.74. The monoisotopic (exact) mass is 341 g/mol. The van der Waals surface area contributed by atoms with E-state index >= 15 is 0 Å². The molecular weight excluding hydrogens is 318 g/mol. The summed E-state index contributed by atoms with van der Waals surface area (Å²) >= 11 is 0. The van der Waals surface area contributed by atoms with Crippen molar-refractivity contribution in [1.29, 1.82) is 0 Å². The fraction of sp³-hybridized carbons (Fsp3) is 0.556. The summed E-state index contributed by atoms with van der Waals surface area (Å²) in [6, 6.07) is 2.20. The first-order valence-corrected chi connectivity index (χ1v) is 8.90. The molecule has 7 heteroatoms. The summed E-state index contributed by atoms with van der Waals surface area (Å²) in [7, 11) is 0. The third-order valence-electron chi connectivity index (χ3n) is 4.91. The lowest BCUT2D eigenvalue weighted by Gasteiger charge is -2.39. The fourth-order valence-electron chi connectivity index (χ4n) is 3.62. The zero-order valence-corrected chi connectivity index (χ0v) is 14.5. The van der Waals surface area contributed by atoms with E-state index < -0.39 is 0 Å². The van der Waals surface area contributed by atoms with Gasteiger partial charge in [-0.05, 0) is 30.9 Å². The molecule has 132 valence electrons. The molecule has 4 heterocycles. The van der Waals surface area contributed by atoms with Crippen molar-refractivity contribution in [2.24, 2.45) is 0 Å². The molecule has 2 atom stereocenters. The van der Waals surface area contributed by atoms with Gasteiger partial charge in [-0.3, -0.25) is 0 Å². The molecule has 1 spiro atoms. The van der Waals surface area contributed by atoms with Crippen molar-refractivity contribution in [2.75, 3.05) is 24.6 Å². The molecule has 2 aromatic rings. The van der Waals surface area contributed by atoms with Gasteiger partial charge in [-0.15, -0.1) is 0 Å². The Hall–Kier alpha value is -2.28. The standard InChI is InChI=1S/C18H23N5O2/c1-2-14-10-21-16(22-11-14)23-8-3-5-18(13-23)9-15(12-24-18)25-17-19-6-4-7-20-17/h4,6-7,10-11,15H,2-3,5,8-9,12-13H2,1H3/t15-,18-/m0/s1. The largest absolute Gasteiger partial charge is 0.458 e. The summed E-state index contributed by atoms with van der Waals surface area (Å²) in [5.74, 6) is 0.788. The summed E-state index contributed by atoms with van der Waals surface area (Å²) in [6.07, 6.45) is 11.1. The Morgan fingerprint density at radius 1 is 1.24 bits per heavy atom. The normalized spacial score (nSPS) is 26.1. The van der Waals surface area contributed by atoms with Crippen LogP contribution in [0.1, 0.15) is 31.7 Å². The average Bonchev–Trinajstić information content (AvgIpc) is 3.04. The van der Waals surface area contributed by atoms with E-state index in [4.69, 9.17) is 9.47 Å². The van der Waals surface area contributed by atoms with Gasteiger partial charge < -0.3 is 14.4 Å². The zero-order chi connectivity index (χ0) is 17.1. The van der Waals surface area contributed by atoms with Crippen molar-refractivity contribution < 1.29 is 9.47 Å². The van der Waals surface area contributed by atoms with Crippen LogP contribution in [0.2, 0.25) is 0 Å². The van der Waals surface area contributed by atoms with Crippen LogP contribution in [-0.4, -0.2) is 51.3 Å². The van der Waals surface area contributed by atoms with Crippen molar-refractivity contribution in [2.45, 2.75) is 44.3 Å².